The minimum Gasteiger partial charge on any atom is -0.465 e. The summed E-state index contributed by atoms with van der Waals surface area (Å²) in [5.41, 5.74) is -0.600. The summed E-state index contributed by atoms with van der Waals surface area (Å²) in [6.07, 6.45) is 6.09. The van der Waals surface area contributed by atoms with Gasteiger partial charge in [0.25, 0.3) is 0 Å². The molecule has 0 aromatic rings. The van der Waals surface area contributed by atoms with Crippen LogP contribution in [-0.2, 0) is 19.1 Å². The van der Waals surface area contributed by atoms with Crippen molar-refractivity contribution in [3.63, 3.8) is 0 Å². The Hall–Kier alpha value is -1.06. The van der Waals surface area contributed by atoms with Gasteiger partial charge < -0.3 is 9.47 Å². The Balaban J connectivity index is 2.82. The normalized spacial score (nSPS) is 26.2. The van der Waals surface area contributed by atoms with Gasteiger partial charge in [0, 0.05) is 6.92 Å². The molecule has 1 fully saturated rings. The van der Waals surface area contributed by atoms with Gasteiger partial charge in [-0.25, -0.2) is 0 Å². The van der Waals surface area contributed by atoms with E-state index >= 15 is 0 Å². The predicted molar refractivity (Wildman–Crippen MR) is 72.6 cm³/mol. The van der Waals surface area contributed by atoms with Crippen molar-refractivity contribution in [3.05, 3.63) is 0 Å². The molecule has 0 aliphatic heterocycles. The SMILES string of the molecule is CCCCCC1(C(=O)OCC)CCCC1OC(C)=O. The molecule has 1 aliphatic carbocycles. The molecular formula is C15H26O4. The van der Waals surface area contributed by atoms with Crippen LogP contribution in [0.1, 0.15) is 65.7 Å². The molecule has 0 aromatic carbocycles. The van der Waals surface area contributed by atoms with Crippen molar-refractivity contribution in [3.8, 4) is 0 Å². The van der Waals surface area contributed by atoms with Crippen LogP contribution < -0.4 is 0 Å². The van der Waals surface area contributed by atoms with Crippen molar-refractivity contribution in [2.75, 3.05) is 6.61 Å². The first-order valence-corrected chi connectivity index (χ1v) is 7.41. The molecule has 4 nitrogen and oxygen atoms in total. The summed E-state index contributed by atoms with van der Waals surface area (Å²) in [7, 11) is 0. The fourth-order valence-electron chi connectivity index (χ4n) is 3.00. The fraction of sp³-hybridized carbons (Fsp3) is 0.867. The van der Waals surface area contributed by atoms with Gasteiger partial charge in [-0.15, -0.1) is 0 Å². The third kappa shape index (κ3) is 3.95. The Bertz CT molecular complexity index is 313. The van der Waals surface area contributed by atoms with Crippen LogP contribution in [0.5, 0.6) is 0 Å². The van der Waals surface area contributed by atoms with Crippen molar-refractivity contribution < 1.29 is 19.1 Å². The van der Waals surface area contributed by atoms with Crippen LogP contribution >= 0.6 is 0 Å². The fourth-order valence-corrected chi connectivity index (χ4v) is 3.00. The molecule has 110 valence electrons. The van der Waals surface area contributed by atoms with Crippen LogP contribution in [0.2, 0.25) is 0 Å². The summed E-state index contributed by atoms with van der Waals surface area (Å²) in [4.78, 5) is 23.6. The summed E-state index contributed by atoms with van der Waals surface area (Å²) in [6, 6.07) is 0. The van der Waals surface area contributed by atoms with Gasteiger partial charge in [-0.1, -0.05) is 26.2 Å². The van der Waals surface area contributed by atoms with Crippen LogP contribution in [-0.4, -0.2) is 24.6 Å². The molecule has 0 N–H and O–H groups in total. The Morgan fingerprint density at radius 1 is 1.26 bits per heavy atom. The zero-order valence-corrected chi connectivity index (χ0v) is 12.4. The second-order valence-corrected chi connectivity index (χ2v) is 5.32. The van der Waals surface area contributed by atoms with Gasteiger partial charge in [0.15, 0.2) is 0 Å². The highest BCUT2D eigenvalue weighted by molar-refractivity contribution is 5.79. The number of unbranched alkanes of at least 4 members (excludes halogenated alkanes) is 2. The molecule has 0 spiro atoms. The van der Waals surface area contributed by atoms with Crippen LogP contribution in [0, 0.1) is 5.41 Å². The molecule has 0 aromatic heterocycles. The van der Waals surface area contributed by atoms with Gasteiger partial charge in [-0.05, 0) is 32.6 Å². The number of hydrogen-bond donors (Lipinski definition) is 0. The van der Waals surface area contributed by atoms with Crippen molar-refractivity contribution in [1.29, 1.82) is 0 Å². The number of rotatable bonds is 7. The molecule has 2 unspecified atom stereocenters. The van der Waals surface area contributed by atoms with Crippen molar-refractivity contribution in [2.24, 2.45) is 5.41 Å². The maximum Gasteiger partial charge on any atom is 0.315 e. The topological polar surface area (TPSA) is 52.6 Å². The van der Waals surface area contributed by atoms with E-state index < -0.39 is 5.41 Å². The van der Waals surface area contributed by atoms with E-state index in [1.54, 1.807) is 0 Å². The lowest BCUT2D eigenvalue weighted by molar-refractivity contribution is -0.170. The molecular weight excluding hydrogens is 244 g/mol. The van der Waals surface area contributed by atoms with Gasteiger partial charge >= 0.3 is 11.9 Å². The molecule has 1 rings (SSSR count). The van der Waals surface area contributed by atoms with Crippen molar-refractivity contribution >= 4 is 11.9 Å². The Labute approximate surface area is 115 Å². The largest absolute Gasteiger partial charge is 0.465 e. The summed E-state index contributed by atoms with van der Waals surface area (Å²) in [6.45, 7) is 5.73. The van der Waals surface area contributed by atoms with Gasteiger partial charge in [0.2, 0.25) is 0 Å². The first-order valence-electron chi connectivity index (χ1n) is 7.41. The minimum atomic E-state index is -0.600. The van der Waals surface area contributed by atoms with Crippen molar-refractivity contribution in [1.82, 2.24) is 0 Å². The quantitative estimate of drug-likeness (QED) is 0.526. The Morgan fingerprint density at radius 3 is 2.58 bits per heavy atom. The third-order valence-corrected chi connectivity index (χ3v) is 3.92. The lowest BCUT2D eigenvalue weighted by atomic mass is 9.79. The smallest absolute Gasteiger partial charge is 0.315 e. The van der Waals surface area contributed by atoms with E-state index in [-0.39, 0.29) is 18.0 Å². The first kappa shape index (κ1) is 16.0. The monoisotopic (exact) mass is 270 g/mol. The molecule has 0 heterocycles. The molecule has 4 heteroatoms. The van der Waals surface area contributed by atoms with E-state index in [9.17, 15) is 9.59 Å². The standard InChI is InChI=1S/C15H26O4/c1-4-6-7-10-15(14(17)18-5-2)11-8-9-13(15)19-12(3)16/h13H,4-11H2,1-3H3. The summed E-state index contributed by atoms with van der Waals surface area (Å²) in [5, 5.41) is 0. The Kier molecular flexibility index (Phi) is 6.32. The molecule has 1 aliphatic rings. The van der Waals surface area contributed by atoms with Gasteiger partial charge in [-0.2, -0.15) is 0 Å². The number of esters is 2. The lowest BCUT2D eigenvalue weighted by Crippen LogP contribution is -2.42. The second-order valence-electron chi connectivity index (χ2n) is 5.32. The zero-order valence-electron chi connectivity index (χ0n) is 12.4. The van der Waals surface area contributed by atoms with E-state index in [4.69, 9.17) is 9.47 Å². The number of carbonyl (C=O) groups excluding carboxylic acids is 2. The van der Waals surface area contributed by atoms with E-state index in [1.165, 1.54) is 6.92 Å². The summed E-state index contributed by atoms with van der Waals surface area (Å²) >= 11 is 0. The predicted octanol–water partition coefficient (Wildman–Crippen LogP) is 3.23. The number of hydrogen-bond acceptors (Lipinski definition) is 4. The van der Waals surface area contributed by atoms with E-state index in [2.05, 4.69) is 6.92 Å². The summed E-state index contributed by atoms with van der Waals surface area (Å²) < 4.78 is 10.6. The van der Waals surface area contributed by atoms with Gasteiger partial charge in [0.05, 0.1) is 6.61 Å². The zero-order chi connectivity index (χ0) is 14.3. The van der Waals surface area contributed by atoms with Gasteiger partial charge in [0.1, 0.15) is 11.5 Å². The highest BCUT2D eigenvalue weighted by Crippen LogP contribution is 2.45. The van der Waals surface area contributed by atoms with Crippen LogP contribution in [0.25, 0.3) is 0 Å². The van der Waals surface area contributed by atoms with E-state index in [1.807, 2.05) is 6.92 Å². The molecule has 0 bridgehead atoms. The average molecular weight is 270 g/mol. The molecule has 2 atom stereocenters. The highest BCUT2D eigenvalue weighted by atomic mass is 16.6. The summed E-state index contributed by atoms with van der Waals surface area (Å²) in [5.74, 6) is -0.495. The molecule has 1 saturated carbocycles. The highest BCUT2D eigenvalue weighted by Gasteiger charge is 2.51. The first-order chi connectivity index (χ1) is 9.06. The van der Waals surface area contributed by atoms with Crippen LogP contribution in [0.4, 0.5) is 0 Å². The molecule has 0 radical (unpaired) electrons. The van der Waals surface area contributed by atoms with E-state index in [0.29, 0.717) is 6.61 Å². The van der Waals surface area contributed by atoms with Crippen LogP contribution in [0.3, 0.4) is 0 Å². The molecule has 19 heavy (non-hydrogen) atoms. The van der Waals surface area contributed by atoms with E-state index in [0.717, 1.165) is 44.9 Å². The molecule has 0 saturated heterocycles. The second kappa shape index (κ2) is 7.51. The number of ether oxygens (including phenoxy) is 2. The third-order valence-electron chi connectivity index (χ3n) is 3.92. The number of carbonyl (C=O) groups is 2. The maximum absolute atomic E-state index is 12.3. The van der Waals surface area contributed by atoms with Crippen molar-refractivity contribution in [2.45, 2.75) is 71.8 Å². The maximum atomic E-state index is 12.3. The lowest BCUT2D eigenvalue weighted by Gasteiger charge is -2.32. The van der Waals surface area contributed by atoms with Gasteiger partial charge in [-0.3, -0.25) is 9.59 Å². The van der Waals surface area contributed by atoms with Crippen LogP contribution in [0.15, 0.2) is 0 Å². The Morgan fingerprint density at radius 2 is 2.00 bits per heavy atom. The molecule has 0 amide bonds. The minimum absolute atomic E-state index is 0.185. The average Bonchev–Trinajstić information content (AvgIpc) is 2.73.